The standard InChI is InChI=1S/C8H8ClFO2S/c1-5(13(11)12)6-2-3-8(10)7(9)4-6/h2-5H,1H3,(H,11,12). The van der Waals surface area contributed by atoms with E-state index in [4.69, 9.17) is 16.2 Å². The van der Waals surface area contributed by atoms with Gasteiger partial charge in [0.05, 0.1) is 10.3 Å². The minimum atomic E-state index is -1.96. The molecular formula is C8H8ClFO2S. The Labute approximate surface area is 83.0 Å². The molecule has 0 saturated carbocycles. The van der Waals surface area contributed by atoms with E-state index in [-0.39, 0.29) is 5.02 Å². The number of benzene rings is 1. The van der Waals surface area contributed by atoms with E-state index in [0.29, 0.717) is 5.56 Å². The maximum Gasteiger partial charge on any atom is 0.160 e. The van der Waals surface area contributed by atoms with E-state index in [2.05, 4.69) is 0 Å². The molecule has 2 atom stereocenters. The van der Waals surface area contributed by atoms with Crippen molar-refractivity contribution < 1.29 is 13.2 Å². The highest BCUT2D eigenvalue weighted by atomic mass is 35.5. The Morgan fingerprint density at radius 3 is 2.69 bits per heavy atom. The Balaban J connectivity index is 3.03. The van der Waals surface area contributed by atoms with Crippen molar-refractivity contribution in [1.29, 1.82) is 0 Å². The zero-order valence-electron chi connectivity index (χ0n) is 6.83. The second kappa shape index (κ2) is 4.17. The van der Waals surface area contributed by atoms with Crippen LogP contribution in [0.1, 0.15) is 17.7 Å². The molecule has 0 radical (unpaired) electrons. The average molecular weight is 223 g/mol. The van der Waals surface area contributed by atoms with Crippen LogP contribution in [-0.2, 0) is 11.1 Å². The SMILES string of the molecule is CC(c1ccc(F)c(Cl)c1)S(=O)O. The van der Waals surface area contributed by atoms with Gasteiger partial charge in [0.2, 0.25) is 0 Å². The number of hydrogen-bond donors (Lipinski definition) is 1. The van der Waals surface area contributed by atoms with E-state index in [1.54, 1.807) is 6.92 Å². The molecule has 1 aromatic carbocycles. The molecule has 13 heavy (non-hydrogen) atoms. The first-order valence-corrected chi connectivity index (χ1v) is 5.11. The van der Waals surface area contributed by atoms with Gasteiger partial charge in [0, 0.05) is 0 Å². The van der Waals surface area contributed by atoms with Crippen LogP contribution in [0.15, 0.2) is 18.2 Å². The van der Waals surface area contributed by atoms with Crippen LogP contribution < -0.4 is 0 Å². The van der Waals surface area contributed by atoms with Gasteiger partial charge in [0.25, 0.3) is 0 Å². The van der Waals surface area contributed by atoms with Crippen LogP contribution in [0.25, 0.3) is 0 Å². The number of rotatable bonds is 2. The second-order valence-electron chi connectivity index (χ2n) is 2.59. The predicted molar refractivity (Wildman–Crippen MR) is 50.6 cm³/mol. The molecule has 1 aromatic rings. The fourth-order valence-electron chi connectivity index (χ4n) is 0.882. The van der Waals surface area contributed by atoms with Crippen LogP contribution >= 0.6 is 11.6 Å². The van der Waals surface area contributed by atoms with E-state index in [0.717, 1.165) is 0 Å². The van der Waals surface area contributed by atoms with Crippen LogP contribution in [-0.4, -0.2) is 8.76 Å². The van der Waals surface area contributed by atoms with Gasteiger partial charge < -0.3 is 4.55 Å². The van der Waals surface area contributed by atoms with Crippen molar-refractivity contribution in [3.8, 4) is 0 Å². The lowest BCUT2D eigenvalue weighted by molar-refractivity contribution is 0.553. The molecule has 0 fully saturated rings. The monoisotopic (exact) mass is 222 g/mol. The zero-order chi connectivity index (χ0) is 10.0. The highest BCUT2D eigenvalue weighted by Crippen LogP contribution is 2.23. The molecular weight excluding hydrogens is 215 g/mol. The van der Waals surface area contributed by atoms with Crippen molar-refractivity contribution >= 4 is 22.7 Å². The Bertz CT molecular complexity index is 343. The lowest BCUT2D eigenvalue weighted by atomic mass is 10.2. The van der Waals surface area contributed by atoms with E-state index < -0.39 is 22.1 Å². The summed E-state index contributed by atoms with van der Waals surface area (Å²) >= 11 is 3.55. The highest BCUT2D eigenvalue weighted by Gasteiger charge is 2.12. The summed E-state index contributed by atoms with van der Waals surface area (Å²) in [6.07, 6.45) is 0. The van der Waals surface area contributed by atoms with Crippen molar-refractivity contribution in [2.24, 2.45) is 0 Å². The van der Waals surface area contributed by atoms with Crippen molar-refractivity contribution in [3.63, 3.8) is 0 Å². The summed E-state index contributed by atoms with van der Waals surface area (Å²) < 4.78 is 32.1. The molecule has 2 unspecified atom stereocenters. The first-order chi connectivity index (χ1) is 6.02. The van der Waals surface area contributed by atoms with Gasteiger partial charge in [-0.25, -0.2) is 8.60 Å². The lowest BCUT2D eigenvalue weighted by Gasteiger charge is -2.07. The average Bonchev–Trinajstić information content (AvgIpc) is 2.08. The minimum Gasteiger partial charge on any atom is -0.306 e. The Hall–Kier alpha value is -0.450. The quantitative estimate of drug-likeness (QED) is 0.782. The van der Waals surface area contributed by atoms with Crippen LogP contribution in [0.4, 0.5) is 4.39 Å². The van der Waals surface area contributed by atoms with Crippen LogP contribution in [0, 0.1) is 5.82 Å². The van der Waals surface area contributed by atoms with Gasteiger partial charge in [-0.2, -0.15) is 0 Å². The van der Waals surface area contributed by atoms with Gasteiger partial charge in [0.15, 0.2) is 11.1 Å². The maximum atomic E-state index is 12.7. The second-order valence-corrected chi connectivity index (χ2v) is 4.26. The molecule has 2 nitrogen and oxygen atoms in total. The maximum absolute atomic E-state index is 12.7. The summed E-state index contributed by atoms with van der Waals surface area (Å²) in [5.74, 6) is -0.527. The lowest BCUT2D eigenvalue weighted by Crippen LogP contribution is -2.00. The summed E-state index contributed by atoms with van der Waals surface area (Å²) in [6, 6.07) is 3.98. The summed E-state index contributed by atoms with van der Waals surface area (Å²) in [4.78, 5) is 0. The Kier molecular flexibility index (Phi) is 3.41. The predicted octanol–water partition coefficient (Wildman–Crippen LogP) is 2.76. The Morgan fingerprint density at radius 2 is 2.23 bits per heavy atom. The molecule has 0 amide bonds. The molecule has 0 aliphatic heterocycles. The van der Waals surface area contributed by atoms with E-state index >= 15 is 0 Å². The van der Waals surface area contributed by atoms with Gasteiger partial charge in [-0.15, -0.1) is 0 Å². The largest absolute Gasteiger partial charge is 0.306 e. The highest BCUT2D eigenvalue weighted by molar-refractivity contribution is 7.79. The van der Waals surface area contributed by atoms with E-state index in [1.165, 1.54) is 18.2 Å². The third-order valence-corrected chi connectivity index (χ3v) is 2.88. The molecule has 0 heterocycles. The smallest absolute Gasteiger partial charge is 0.160 e. The van der Waals surface area contributed by atoms with E-state index in [9.17, 15) is 8.60 Å². The van der Waals surface area contributed by atoms with Gasteiger partial charge in [-0.3, -0.25) is 0 Å². The topological polar surface area (TPSA) is 37.3 Å². The summed E-state index contributed by atoms with van der Waals surface area (Å²) in [7, 11) is 0. The zero-order valence-corrected chi connectivity index (χ0v) is 8.40. The number of halogens is 2. The molecule has 0 aromatic heterocycles. The fourth-order valence-corrected chi connectivity index (χ4v) is 1.45. The molecule has 0 aliphatic rings. The fraction of sp³-hybridized carbons (Fsp3) is 0.250. The van der Waals surface area contributed by atoms with Crippen molar-refractivity contribution in [1.82, 2.24) is 0 Å². The molecule has 0 saturated heterocycles. The summed E-state index contributed by atoms with van der Waals surface area (Å²) in [5, 5.41) is -0.590. The molecule has 72 valence electrons. The van der Waals surface area contributed by atoms with Crippen molar-refractivity contribution in [2.75, 3.05) is 0 Å². The first-order valence-electron chi connectivity index (χ1n) is 3.57. The first kappa shape index (κ1) is 10.6. The molecule has 0 bridgehead atoms. The Morgan fingerprint density at radius 1 is 1.62 bits per heavy atom. The minimum absolute atomic E-state index is 0.0326. The van der Waals surface area contributed by atoms with Crippen LogP contribution in [0.2, 0.25) is 5.02 Å². The van der Waals surface area contributed by atoms with Gasteiger partial charge in [0.1, 0.15) is 5.82 Å². The third kappa shape index (κ3) is 2.49. The van der Waals surface area contributed by atoms with Gasteiger partial charge in [-0.05, 0) is 24.6 Å². The van der Waals surface area contributed by atoms with Gasteiger partial charge in [-0.1, -0.05) is 17.7 Å². The third-order valence-electron chi connectivity index (χ3n) is 1.72. The van der Waals surface area contributed by atoms with Crippen LogP contribution in [0.5, 0.6) is 0 Å². The molecule has 1 rings (SSSR count). The van der Waals surface area contributed by atoms with Crippen LogP contribution in [0.3, 0.4) is 0 Å². The molecule has 0 spiro atoms. The summed E-state index contributed by atoms with van der Waals surface area (Å²) in [5.41, 5.74) is 0.548. The van der Waals surface area contributed by atoms with Gasteiger partial charge >= 0.3 is 0 Å². The molecule has 5 heteroatoms. The normalized spacial score (nSPS) is 15.4. The van der Waals surface area contributed by atoms with Crippen molar-refractivity contribution in [3.05, 3.63) is 34.6 Å². The summed E-state index contributed by atoms with van der Waals surface area (Å²) in [6.45, 7) is 1.57. The molecule has 0 aliphatic carbocycles. The number of hydrogen-bond acceptors (Lipinski definition) is 1. The van der Waals surface area contributed by atoms with Crippen molar-refractivity contribution in [2.45, 2.75) is 12.2 Å². The molecule has 1 N–H and O–H groups in total. The van der Waals surface area contributed by atoms with E-state index in [1.807, 2.05) is 0 Å².